The van der Waals surface area contributed by atoms with Crippen LogP contribution in [0.15, 0.2) is 29.4 Å². The van der Waals surface area contributed by atoms with Gasteiger partial charge in [-0.3, -0.25) is 0 Å². The minimum absolute atomic E-state index is 0.666. The molecule has 1 rings (SSSR count). The van der Waals surface area contributed by atoms with Gasteiger partial charge in [-0.2, -0.15) is 5.11 Å². The lowest BCUT2D eigenvalue weighted by Gasteiger charge is -2.12. The van der Waals surface area contributed by atoms with Crippen LogP contribution in [0.25, 0.3) is 0 Å². The monoisotopic (exact) mass is 164 g/mol. The molecule has 0 radical (unpaired) electrons. The van der Waals surface area contributed by atoms with E-state index in [4.69, 9.17) is 5.53 Å². The van der Waals surface area contributed by atoms with E-state index in [1.165, 1.54) is 0 Å². The van der Waals surface area contributed by atoms with Crippen LogP contribution < -0.4 is 5.43 Å². The quantitative estimate of drug-likeness (QED) is 0.531. The molecular formula is C8H12N4. The van der Waals surface area contributed by atoms with Crippen LogP contribution in [-0.2, 0) is 0 Å². The summed E-state index contributed by atoms with van der Waals surface area (Å²) in [7, 11) is 3.84. The number of hydrazine groups is 1. The molecule has 0 amide bonds. The second-order valence-electron chi connectivity index (χ2n) is 2.66. The van der Waals surface area contributed by atoms with Crippen molar-refractivity contribution in [2.24, 2.45) is 5.11 Å². The zero-order valence-electron chi connectivity index (χ0n) is 7.20. The van der Waals surface area contributed by atoms with Crippen LogP contribution in [0.4, 0.5) is 11.4 Å². The van der Waals surface area contributed by atoms with Gasteiger partial charge in [0.15, 0.2) is 0 Å². The lowest BCUT2D eigenvalue weighted by atomic mass is 10.3. The second kappa shape index (κ2) is 3.82. The molecule has 1 aromatic carbocycles. The average Bonchev–Trinajstić information content (AvgIpc) is 2.05. The smallest absolute Gasteiger partial charge is 0.0851 e. The van der Waals surface area contributed by atoms with Crippen molar-refractivity contribution < 1.29 is 0 Å². The molecule has 0 saturated heterocycles. The van der Waals surface area contributed by atoms with E-state index < -0.39 is 0 Å². The maximum absolute atomic E-state index is 6.75. The molecule has 64 valence electrons. The van der Waals surface area contributed by atoms with Crippen molar-refractivity contribution in [2.45, 2.75) is 0 Å². The molecule has 2 N–H and O–H groups in total. The van der Waals surface area contributed by atoms with E-state index in [0.29, 0.717) is 5.69 Å². The molecule has 0 aliphatic carbocycles. The maximum Gasteiger partial charge on any atom is 0.0851 e. The molecule has 0 aromatic heterocycles. The van der Waals surface area contributed by atoms with E-state index in [2.05, 4.69) is 10.5 Å². The highest BCUT2D eigenvalue weighted by atomic mass is 15.5. The Morgan fingerprint density at radius 1 is 1.25 bits per heavy atom. The lowest BCUT2D eigenvalue weighted by molar-refractivity contribution is 0.495. The summed E-state index contributed by atoms with van der Waals surface area (Å²) in [4.78, 5) is 0. The molecule has 0 spiro atoms. The molecule has 4 nitrogen and oxygen atoms in total. The summed E-state index contributed by atoms with van der Waals surface area (Å²) in [6.45, 7) is 0. The van der Waals surface area contributed by atoms with Crippen molar-refractivity contribution in [1.82, 2.24) is 5.01 Å². The Bertz CT molecular complexity index is 252. The van der Waals surface area contributed by atoms with E-state index in [9.17, 15) is 0 Å². The van der Waals surface area contributed by atoms with Crippen LogP contribution in [0, 0.1) is 5.53 Å². The highest BCUT2D eigenvalue weighted by Gasteiger charge is 1.92. The average molecular weight is 164 g/mol. The minimum atomic E-state index is 0.666. The van der Waals surface area contributed by atoms with Gasteiger partial charge in [-0.15, -0.1) is 0 Å². The van der Waals surface area contributed by atoms with Gasteiger partial charge in [0.05, 0.1) is 5.69 Å². The summed E-state index contributed by atoms with van der Waals surface area (Å²) in [6.07, 6.45) is 0. The molecule has 1 aromatic rings. The summed E-state index contributed by atoms with van der Waals surface area (Å²) in [6, 6.07) is 7.35. The molecule has 0 aliphatic heterocycles. The number of anilines is 1. The topological polar surface area (TPSA) is 51.5 Å². The van der Waals surface area contributed by atoms with Gasteiger partial charge in [-0.05, 0) is 24.3 Å². The van der Waals surface area contributed by atoms with Crippen LogP contribution in [0.3, 0.4) is 0 Å². The Morgan fingerprint density at radius 3 is 2.25 bits per heavy atom. The summed E-state index contributed by atoms with van der Waals surface area (Å²) >= 11 is 0. The number of hydrogen-bond donors (Lipinski definition) is 2. The van der Waals surface area contributed by atoms with E-state index in [1.54, 1.807) is 12.1 Å². The predicted octanol–water partition coefficient (Wildman–Crippen LogP) is 2.24. The van der Waals surface area contributed by atoms with Gasteiger partial charge in [0.2, 0.25) is 0 Å². The first kappa shape index (κ1) is 8.67. The van der Waals surface area contributed by atoms with Crippen LogP contribution in [0.5, 0.6) is 0 Å². The first-order valence-electron chi connectivity index (χ1n) is 3.64. The standard InChI is InChI=1S/C8H12N4/c1-12(2)11-8-5-3-7(10-9)4-6-8/h3-6,9,11H,1-2H3. The van der Waals surface area contributed by atoms with Crippen LogP contribution in [0.2, 0.25) is 0 Å². The number of nitrogens with zero attached hydrogens (tertiary/aromatic N) is 2. The van der Waals surface area contributed by atoms with E-state index in [-0.39, 0.29) is 0 Å². The highest BCUT2D eigenvalue weighted by molar-refractivity contribution is 5.49. The fourth-order valence-electron chi connectivity index (χ4n) is 0.869. The van der Waals surface area contributed by atoms with Gasteiger partial charge < -0.3 is 5.43 Å². The molecule has 0 unspecified atom stereocenters. The van der Waals surface area contributed by atoms with Gasteiger partial charge in [0.1, 0.15) is 0 Å². The molecule has 0 atom stereocenters. The fourth-order valence-corrected chi connectivity index (χ4v) is 0.869. The normalized spacial score (nSPS) is 9.92. The van der Waals surface area contributed by atoms with Crippen molar-refractivity contribution >= 4 is 11.4 Å². The SMILES string of the molecule is CN(C)Nc1ccc(N=N)cc1. The number of nitrogens with one attached hydrogen (secondary N) is 2. The summed E-state index contributed by atoms with van der Waals surface area (Å²) in [5.41, 5.74) is 11.5. The second-order valence-corrected chi connectivity index (χ2v) is 2.66. The lowest BCUT2D eigenvalue weighted by Crippen LogP contribution is -2.19. The van der Waals surface area contributed by atoms with Gasteiger partial charge in [-0.25, -0.2) is 10.5 Å². The first-order chi connectivity index (χ1) is 5.72. The Balaban J connectivity index is 2.71. The third kappa shape index (κ3) is 2.32. The van der Waals surface area contributed by atoms with Crippen LogP contribution in [0.1, 0.15) is 0 Å². The predicted molar refractivity (Wildman–Crippen MR) is 48.6 cm³/mol. The Hall–Kier alpha value is -1.42. The zero-order chi connectivity index (χ0) is 8.97. The molecule has 12 heavy (non-hydrogen) atoms. The van der Waals surface area contributed by atoms with Gasteiger partial charge in [-0.1, -0.05) is 0 Å². The van der Waals surface area contributed by atoms with Crippen LogP contribution >= 0.6 is 0 Å². The van der Waals surface area contributed by atoms with Crippen molar-refractivity contribution in [2.75, 3.05) is 19.5 Å². The molecule has 0 saturated carbocycles. The number of rotatable bonds is 3. The summed E-state index contributed by atoms with van der Waals surface area (Å²) in [5, 5.41) is 5.15. The van der Waals surface area contributed by atoms with E-state index >= 15 is 0 Å². The Kier molecular flexibility index (Phi) is 2.76. The molecule has 0 bridgehead atoms. The van der Waals surface area contributed by atoms with Crippen molar-refractivity contribution in [1.29, 1.82) is 5.53 Å². The van der Waals surface area contributed by atoms with Crippen molar-refractivity contribution in [3.63, 3.8) is 0 Å². The van der Waals surface area contributed by atoms with Gasteiger partial charge in [0.25, 0.3) is 0 Å². The molecule has 4 heteroatoms. The minimum Gasteiger partial charge on any atom is -0.319 e. The number of hydrogen-bond acceptors (Lipinski definition) is 4. The highest BCUT2D eigenvalue weighted by Crippen LogP contribution is 2.15. The summed E-state index contributed by atoms with van der Waals surface area (Å²) < 4.78 is 0. The van der Waals surface area contributed by atoms with E-state index in [0.717, 1.165) is 5.69 Å². The largest absolute Gasteiger partial charge is 0.319 e. The fraction of sp³-hybridized carbons (Fsp3) is 0.250. The van der Waals surface area contributed by atoms with E-state index in [1.807, 2.05) is 31.2 Å². The maximum atomic E-state index is 6.75. The van der Waals surface area contributed by atoms with Gasteiger partial charge >= 0.3 is 0 Å². The van der Waals surface area contributed by atoms with Crippen LogP contribution in [-0.4, -0.2) is 19.1 Å². The number of benzene rings is 1. The summed E-state index contributed by atoms with van der Waals surface area (Å²) in [5.74, 6) is 0. The van der Waals surface area contributed by atoms with Crippen molar-refractivity contribution in [3.8, 4) is 0 Å². The third-order valence-corrected chi connectivity index (χ3v) is 1.35. The molecule has 0 heterocycles. The third-order valence-electron chi connectivity index (χ3n) is 1.35. The van der Waals surface area contributed by atoms with Crippen molar-refractivity contribution in [3.05, 3.63) is 24.3 Å². The zero-order valence-corrected chi connectivity index (χ0v) is 7.20. The van der Waals surface area contributed by atoms with Gasteiger partial charge in [0, 0.05) is 19.8 Å². The Morgan fingerprint density at radius 2 is 1.83 bits per heavy atom. The molecule has 0 fully saturated rings. The first-order valence-corrected chi connectivity index (χ1v) is 3.64. The Labute approximate surface area is 71.7 Å². The molecule has 0 aliphatic rings. The molecular weight excluding hydrogens is 152 g/mol.